The Labute approximate surface area is 237 Å². The maximum absolute atomic E-state index is 13.6. The van der Waals surface area contributed by atoms with Crippen LogP contribution in [0.4, 0.5) is 17.6 Å². The van der Waals surface area contributed by atoms with Crippen molar-refractivity contribution < 1.29 is 36.3 Å². The van der Waals surface area contributed by atoms with Crippen LogP contribution in [-0.2, 0) is 6.42 Å². The Bertz CT molecular complexity index is 1710. The standard InChI is InChI=1S/C29H25F4N5O4/c1-28(2,14-34)38-24(39)20-11-16(13-36-26(20)41-4)18-12-19-22(25(40)35-3)23(15-5-7-17(30)8-6-15)42-27(19)37-21(18)9-10-29(31,32)33/h5-8,11-13H,9-10H2,1-4H3,(H,35,40)(H,38,39). The molecule has 3 aromatic heterocycles. The number of amides is 2. The Hall–Kier alpha value is -4.99. The van der Waals surface area contributed by atoms with Gasteiger partial charge in [-0.1, -0.05) is 0 Å². The number of pyridine rings is 2. The molecule has 0 spiro atoms. The summed E-state index contributed by atoms with van der Waals surface area (Å²) in [4.78, 5) is 34.6. The van der Waals surface area contributed by atoms with Crippen molar-refractivity contribution in [3.8, 4) is 34.4 Å². The highest BCUT2D eigenvalue weighted by molar-refractivity contribution is 6.11. The number of nitrogens with zero attached hydrogens (tertiary/aromatic N) is 3. The molecule has 9 nitrogen and oxygen atoms in total. The highest BCUT2D eigenvalue weighted by Crippen LogP contribution is 2.38. The molecular formula is C29H25F4N5O4. The number of nitrogens with one attached hydrogen (secondary N) is 2. The molecule has 13 heteroatoms. The van der Waals surface area contributed by atoms with Crippen LogP contribution < -0.4 is 15.4 Å². The fourth-order valence-electron chi connectivity index (χ4n) is 4.22. The number of hydrogen-bond acceptors (Lipinski definition) is 7. The number of fused-ring (bicyclic) bond motifs is 1. The molecule has 0 aliphatic rings. The van der Waals surface area contributed by atoms with Crippen LogP contribution in [0.25, 0.3) is 33.6 Å². The molecule has 0 aliphatic heterocycles. The van der Waals surface area contributed by atoms with Crippen LogP contribution >= 0.6 is 0 Å². The van der Waals surface area contributed by atoms with Crippen LogP contribution in [0.15, 0.2) is 47.0 Å². The molecule has 4 rings (SSSR count). The predicted molar refractivity (Wildman–Crippen MR) is 144 cm³/mol. The van der Waals surface area contributed by atoms with Crippen LogP contribution in [0.1, 0.15) is 46.7 Å². The zero-order chi connectivity index (χ0) is 30.8. The van der Waals surface area contributed by atoms with Crippen molar-refractivity contribution in [2.45, 2.75) is 38.4 Å². The summed E-state index contributed by atoms with van der Waals surface area (Å²) in [6.07, 6.45) is -4.97. The van der Waals surface area contributed by atoms with Crippen LogP contribution in [0.3, 0.4) is 0 Å². The van der Waals surface area contributed by atoms with E-state index in [1.54, 1.807) is 0 Å². The second-order valence-corrected chi connectivity index (χ2v) is 9.81. The van der Waals surface area contributed by atoms with E-state index in [1.165, 1.54) is 70.6 Å². The van der Waals surface area contributed by atoms with E-state index in [2.05, 4.69) is 20.6 Å². The van der Waals surface area contributed by atoms with Crippen LogP contribution in [-0.4, -0.2) is 47.7 Å². The van der Waals surface area contributed by atoms with E-state index in [0.29, 0.717) is 5.56 Å². The summed E-state index contributed by atoms with van der Waals surface area (Å²) in [5, 5.41) is 14.6. The lowest BCUT2D eigenvalue weighted by Gasteiger charge is -2.19. The Morgan fingerprint density at radius 3 is 2.38 bits per heavy atom. The average molecular weight is 584 g/mol. The number of ether oxygens (including phenoxy) is 1. The largest absolute Gasteiger partial charge is 0.480 e. The van der Waals surface area contributed by atoms with Crippen molar-refractivity contribution in [2.75, 3.05) is 14.2 Å². The molecule has 2 amide bonds. The minimum absolute atomic E-state index is 0.0293. The number of aryl methyl sites for hydroxylation is 1. The molecule has 1 aromatic carbocycles. The van der Waals surface area contributed by atoms with Gasteiger partial charge in [-0.05, 0) is 56.7 Å². The molecule has 218 valence electrons. The Kier molecular flexibility index (Phi) is 8.19. The van der Waals surface area contributed by atoms with Gasteiger partial charge in [-0.25, -0.2) is 14.4 Å². The molecule has 2 N–H and O–H groups in total. The van der Waals surface area contributed by atoms with Crippen molar-refractivity contribution in [2.24, 2.45) is 0 Å². The first kappa shape index (κ1) is 30.0. The fraction of sp³-hybridized carbons (Fsp3) is 0.276. The minimum Gasteiger partial charge on any atom is -0.480 e. The maximum Gasteiger partial charge on any atom is 0.389 e. The van der Waals surface area contributed by atoms with Gasteiger partial charge in [0, 0.05) is 36.4 Å². The lowest BCUT2D eigenvalue weighted by atomic mass is 9.97. The van der Waals surface area contributed by atoms with E-state index in [-0.39, 0.29) is 50.7 Å². The third-order valence-corrected chi connectivity index (χ3v) is 6.27. The van der Waals surface area contributed by atoms with E-state index in [1.807, 2.05) is 6.07 Å². The van der Waals surface area contributed by atoms with Gasteiger partial charge in [0.2, 0.25) is 11.6 Å². The van der Waals surface area contributed by atoms with Gasteiger partial charge in [-0.3, -0.25) is 9.59 Å². The van der Waals surface area contributed by atoms with Gasteiger partial charge in [0.1, 0.15) is 22.7 Å². The lowest BCUT2D eigenvalue weighted by Crippen LogP contribution is -2.42. The van der Waals surface area contributed by atoms with Gasteiger partial charge in [-0.15, -0.1) is 0 Å². The zero-order valence-electron chi connectivity index (χ0n) is 22.9. The molecule has 0 unspecified atom stereocenters. The van der Waals surface area contributed by atoms with Crippen LogP contribution in [0, 0.1) is 17.1 Å². The van der Waals surface area contributed by atoms with Gasteiger partial charge >= 0.3 is 6.18 Å². The number of carbonyl (C=O) groups excluding carboxylic acids is 2. The molecule has 0 aliphatic carbocycles. The van der Waals surface area contributed by atoms with Gasteiger partial charge < -0.3 is 19.8 Å². The number of halogens is 4. The number of rotatable bonds is 8. The van der Waals surface area contributed by atoms with E-state index in [0.717, 1.165) is 0 Å². The molecular weight excluding hydrogens is 558 g/mol. The second-order valence-electron chi connectivity index (χ2n) is 9.81. The maximum atomic E-state index is 13.6. The molecule has 0 atom stereocenters. The first-order valence-corrected chi connectivity index (χ1v) is 12.6. The summed E-state index contributed by atoms with van der Waals surface area (Å²) in [7, 11) is 2.68. The number of carbonyl (C=O) groups is 2. The fourth-order valence-corrected chi connectivity index (χ4v) is 4.22. The van der Waals surface area contributed by atoms with Crippen molar-refractivity contribution >= 4 is 22.9 Å². The Balaban J connectivity index is 1.97. The van der Waals surface area contributed by atoms with Gasteiger partial charge in [0.05, 0.1) is 29.8 Å². The number of methoxy groups -OCH3 is 1. The average Bonchev–Trinajstić information content (AvgIpc) is 3.32. The number of hydrogen-bond donors (Lipinski definition) is 2. The van der Waals surface area contributed by atoms with E-state index >= 15 is 0 Å². The van der Waals surface area contributed by atoms with Crippen LogP contribution in [0.5, 0.6) is 5.88 Å². The lowest BCUT2D eigenvalue weighted by molar-refractivity contribution is -0.134. The SMILES string of the molecule is CNC(=O)c1c(-c2ccc(F)cc2)oc2nc(CCC(F)(F)F)c(-c3cnc(OC)c(C(=O)NC(C)(C)C#N)c3)cc12. The quantitative estimate of drug-likeness (QED) is 0.259. The van der Waals surface area contributed by atoms with Gasteiger partial charge in [-0.2, -0.15) is 18.4 Å². The highest BCUT2D eigenvalue weighted by atomic mass is 19.4. The molecule has 0 saturated carbocycles. The first-order valence-electron chi connectivity index (χ1n) is 12.6. The summed E-state index contributed by atoms with van der Waals surface area (Å²) in [5.41, 5.74) is -0.719. The monoisotopic (exact) mass is 583 g/mol. The van der Waals surface area contributed by atoms with Crippen molar-refractivity contribution in [1.29, 1.82) is 5.26 Å². The topological polar surface area (TPSA) is 130 Å². The van der Waals surface area contributed by atoms with E-state index in [9.17, 15) is 32.4 Å². The smallest absolute Gasteiger partial charge is 0.389 e. The molecule has 0 fully saturated rings. The van der Waals surface area contributed by atoms with Crippen molar-refractivity contribution in [3.63, 3.8) is 0 Å². The molecule has 0 saturated heterocycles. The summed E-state index contributed by atoms with van der Waals surface area (Å²) in [5.74, 6) is -1.83. The highest BCUT2D eigenvalue weighted by Gasteiger charge is 2.30. The van der Waals surface area contributed by atoms with E-state index < -0.39 is 42.2 Å². The Morgan fingerprint density at radius 1 is 1.10 bits per heavy atom. The molecule has 4 aromatic rings. The van der Waals surface area contributed by atoms with Crippen molar-refractivity contribution in [3.05, 3.63) is 65.2 Å². The minimum atomic E-state index is -4.50. The third-order valence-electron chi connectivity index (χ3n) is 6.27. The normalized spacial score (nSPS) is 11.7. The second kappa shape index (κ2) is 11.5. The number of alkyl halides is 3. The summed E-state index contributed by atoms with van der Waals surface area (Å²) in [6, 6.07) is 9.89. The Morgan fingerprint density at radius 2 is 1.79 bits per heavy atom. The van der Waals surface area contributed by atoms with E-state index in [4.69, 9.17) is 9.15 Å². The predicted octanol–water partition coefficient (Wildman–Crippen LogP) is 5.59. The molecule has 0 radical (unpaired) electrons. The van der Waals surface area contributed by atoms with Crippen LogP contribution in [0.2, 0.25) is 0 Å². The van der Waals surface area contributed by atoms with Gasteiger partial charge in [0.25, 0.3) is 11.8 Å². The number of nitriles is 1. The zero-order valence-corrected chi connectivity index (χ0v) is 22.9. The summed E-state index contributed by atoms with van der Waals surface area (Å²) < 4.78 is 64.5. The number of furan rings is 1. The number of benzene rings is 1. The molecule has 42 heavy (non-hydrogen) atoms. The van der Waals surface area contributed by atoms with Crippen molar-refractivity contribution in [1.82, 2.24) is 20.6 Å². The summed E-state index contributed by atoms with van der Waals surface area (Å²) in [6.45, 7) is 2.97. The first-order chi connectivity index (χ1) is 19.8. The molecule has 0 bridgehead atoms. The third kappa shape index (κ3) is 6.33. The molecule has 3 heterocycles. The number of aromatic nitrogens is 2. The van der Waals surface area contributed by atoms with Gasteiger partial charge in [0.15, 0.2) is 0 Å². The summed E-state index contributed by atoms with van der Waals surface area (Å²) >= 11 is 0.